The smallest absolute Gasteiger partial charge is 0.259 e. The van der Waals surface area contributed by atoms with E-state index in [-0.39, 0.29) is 16.9 Å². The lowest BCUT2D eigenvalue weighted by atomic mass is 9.99. The predicted molar refractivity (Wildman–Crippen MR) is 124 cm³/mol. The van der Waals surface area contributed by atoms with Crippen molar-refractivity contribution in [3.63, 3.8) is 0 Å². The van der Waals surface area contributed by atoms with Crippen LogP contribution in [0.3, 0.4) is 0 Å². The van der Waals surface area contributed by atoms with Crippen LogP contribution in [0.5, 0.6) is 0 Å². The van der Waals surface area contributed by atoms with Gasteiger partial charge in [0.1, 0.15) is 11.2 Å². The number of aromatic nitrogens is 2. The monoisotopic (exact) mass is 436 g/mol. The number of carbonyl (C=O) groups excluding carboxylic acids is 1. The highest BCUT2D eigenvalue weighted by Gasteiger charge is 2.30. The van der Waals surface area contributed by atoms with E-state index in [1.165, 1.54) is 10.4 Å². The third-order valence-corrected chi connectivity index (χ3v) is 7.76. The van der Waals surface area contributed by atoms with Gasteiger partial charge in [-0.25, -0.2) is 4.98 Å². The Morgan fingerprint density at radius 2 is 2.00 bits per heavy atom. The van der Waals surface area contributed by atoms with Crippen molar-refractivity contribution in [3.8, 4) is 0 Å². The van der Waals surface area contributed by atoms with E-state index in [9.17, 15) is 9.59 Å². The maximum Gasteiger partial charge on any atom is 0.259 e. The molecule has 0 aromatic carbocycles. The van der Waals surface area contributed by atoms with E-state index in [4.69, 9.17) is 0 Å². The summed E-state index contributed by atoms with van der Waals surface area (Å²) < 4.78 is 1.91. The van der Waals surface area contributed by atoms with Gasteiger partial charge in [0, 0.05) is 55.5 Å². The number of pyridine rings is 2. The summed E-state index contributed by atoms with van der Waals surface area (Å²) in [7, 11) is 0. The second-order valence-electron chi connectivity index (χ2n) is 8.59. The number of rotatable bonds is 3. The summed E-state index contributed by atoms with van der Waals surface area (Å²) in [5.41, 5.74) is 3.04. The van der Waals surface area contributed by atoms with E-state index in [2.05, 4.69) is 21.3 Å². The molecule has 31 heavy (non-hydrogen) atoms. The van der Waals surface area contributed by atoms with Crippen molar-refractivity contribution in [2.75, 3.05) is 19.6 Å². The van der Waals surface area contributed by atoms with Crippen LogP contribution in [0.2, 0.25) is 0 Å². The first-order valence-corrected chi connectivity index (χ1v) is 12.0. The highest BCUT2D eigenvalue weighted by atomic mass is 32.1. The van der Waals surface area contributed by atoms with Crippen LogP contribution in [-0.4, -0.2) is 50.9 Å². The first kappa shape index (κ1) is 20.4. The fourth-order valence-electron chi connectivity index (χ4n) is 4.94. The molecule has 162 valence electrons. The summed E-state index contributed by atoms with van der Waals surface area (Å²) in [5, 5.41) is 2.71. The molecule has 2 aliphatic heterocycles. The van der Waals surface area contributed by atoms with Crippen LogP contribution >= 0.6 is 11.3 Å². The number of thiophene rings is 1. The molecule has 0 N–H and O–H groups in total. The number of aryl methyl sites for hydroxylation is 2. The minimum absolute atomic E-state index is 0.146. The number of piperidine rings is 1. The van der Waals surface area contributed by atoms with Crippen molar-refractivity contribution in [3.05, 3.63) is 61.7 Å². The van der Waals surface area contributed by atoms with Gasteiger partial charge in [-0.2, -0.15) is 0 Å². The Balaban J connectivity index is 1.33. The molecule has 3 aromatic heterocycles. The van der Waals surface area contributed by atoms with E-state index in [0.717, 1.165) is 38.0 Å². The van der Waals surface area contributed by atoms with Gasteiger partial charge in [-0.3, -0.25) is 14.5 Å². The molecule has 5 rings (SSSR count). The second kappa shape index (κ2) is 8.20. The lowest BCUT2D eigenvalue weighted by Gasteiger charge is -2.40. The van der Waals surface area contributed by atoms with E-state index in [1.54, 1.807) is 12.3 Å². The molecule has 2 aliphatic rings. The second-order valence-corrected chi connectivity index (χ2v) is 9.60. The summed E-state index contributed by atoms with van der Waals surface area (Å²) in [6.45, 7) is 8.10. The zero-order valence-electron chi connectivity index (χ0n) is 18.1. The van der Waals surface area contributed by atoms with Gasteiger partial charge in [0.15, 0.2) is 0 Å². The Hall–Kier alpha value is -2.51. The van der Waals surface area contributed by atoms with Crippen LogP contribution in [0.25, 0.3) is 11.0 Å². The van der Waals surface area contributed by atoms with Gasteiger partial charge in [0.2, 0.25) is 5.43 Å². The molecule has 0 spiro atoms. The number of hydrogen-bond acceptors (Lipinski definition) is 5. The Morgan fingerprint density at radius 3 is 2.77 bits per heavy atom. The SMILES string of the molecule is CCn1cc(C(=O)N2CCC(N3CCc4sccc4C3)CC2)c(=O)c2ccc(C)nc21. The minimum Gasteiger partial charge on any atom is -0.338 e. The number of hydrogen-bond donors (Lipinski definition) is 0. The standard InChI is InChI=1S/C24H28N4O2S/c1-3-26-15-20(22(29)19-5-4-16(2)25-23(19)26)24(30)27-10-6-18(7-11-27)28-12-8-21-17(14-28)9-13-31-21/h4-5,9,13,15,18H,3,6-8,10-12,14H2,1-2H3. The molecule has 5 heterocycles. The Bertz CT molecular complexity index is 1190. The number of fused-ring (bicyclic) bond motifs is 2. The van der Waals surface area contributed by atoms with Crippen LogP contribution < -0.4 is 5.43 Å². The maximum absolute atomic E-state index is 13.3. The van der Waals surface area contributed by atoms with E-state index in [1.807, 2.05) is 40.7 Å². The lowest BCUT2D eigenvalue weighted by molar-refractivity contribution is 0.0599. The van der Waals surface area contributed by atoms with Crippen molar-refractivity contribution < 1.29 is 4.79 Å². The van der Waals surface area contributed by atoms with Gasteiger partial charge < -0.3 is 9.47 Å². The van der Waals surface area contributed by atoms with Crippen LogP contribution in [0.15, 0.2) is 34.6 Å². The highest BCUT2D eigenvalue weighted by molar-refractivity contribution is 7.10. The molecule has 0 atom stereocenters. The first-order valence-electron chi connectivity index (χ1n) is 11.1. The summed E-state index contributed by atoms with van der Waals surface area (Å²) in [4.78, 5) is 36.9. The first-order chi connectivity index (χ1) is 15.0. The van der Waals surface area contributed by atoms with E-state index in [0.29, 0.717) is 36.7 Å². The number of carbonyl (C=O) groups is 1. The molecule has 0 saturated carbocycles. The minimum atomic E-state index is -0.208. The molecule has 1 saturated heterocycles. The zero-order chi connectivity index (χ0) is 21.5. The summed E-state index contributed by atoms with van der Waals surface area (Å²) >= 11 is 1.87. The lowest BCUT2D eigenvalue weighted by Crippen LogP contribution is -2.48. The number of amides is 1. The molecule has 0 unspecified atom stereocenters. The van der Waals surface area contributed by atoms with Gasteiger partial charge >= 0.3 is 0 Å². The van der Waals surface area contributed by atoms with Crippen molar-refractivity contribution in [2.45, 2.75) is 52.2 Å². The van der Waals surface area contributed by atoms with Crippen LogP contribution in [-0.2, 0) is 19.5 Å². The normalized spacial score (nSPS) is 17.8. The van der Waals surface area contributed by atoms with Gasteiger partial charge in [-0.05, 0) is 62.3 Å². The van der Waals surface area contributed by atoms with Crippen molar-refractivity contribution in [1.29, 1.82) is 0 Å². The quantitative estimate of drug-likeness (QED) is 0.631. The van der Waals surface area contributed by atoms with Gasteiger partial charge in [-0.1, -0.05) is 0 Å². The molecule has 7 heteroatoms. The van der Waals surface area contributed by atoms with Gasteiger partial charge in [0.25, 0.3) is 5.91 Å². The molecule has 1 fully saturated rings. The molecule has 6 nitrogen and oxygen atoms in total. The van der Waals surface area contributed by atoms with Gasteiger partial charge in [-0.15, -0.1) is 11.3 Å². The average molecular weight is 437 g/mol. The third-order valence-electron chi connectivity index (χ3n) is 6.74. The number of nitrogens with zero attached hydrogens (tertiary/aromatic N) is 4. The summed E-state index contributed by atoms with van der Waals surface area (Å²) in [6.07, 6.45) is 4.75. The van der Waals surface area contributed by atoms with Crippen LogP contribution in [0.4, 0.5) is 0 Å². The Morgan fingerprint density at radius 1 is 1.19 bits per heavy atom. The topological polar surface area (TPSA) is 58.4 Å². The molecule has 3 aromatic rings. The van der Waals surface area contributed by atoms with Crippen molar-refractivity contribution in [2.24, 2.45) is 0 Å². The molecular weight excluding hydrogens is 408 g/mol. The van der Waals surface area contributed by atoms with Crippen molar-refractivity contribution >= 4 is 28.3 Å². The zero-order valence-corrected chi connectivity index (χ0v) is 19.0. The largest absolute Gasteiger partial charge is 0.338 e. The number of likely N-dealkylation sites (tertiary alicyclic amines) is 1. The van der Waals surface area contributed by atoms with E-state index >= 15 is 0 Å². The van der Waals surface area contributed by atoms with Gasteiger partial charge in [0.05, 0.1) is 5.39 Å². The van der Waals surface area contributed by atoms with Crippen molar-refractivity contribution in [1.82, 2.24) is 19.4 Å². The predicted octanol–water partition coefficient (Wildman–Crippen LogP) is 3.45. The summed E-state index contributed by atoms with van der Waals surface area (Å²) in [6, 6.07) is 6.39. The average Bonchev–Trinajstić information content (AvgIpc) is 3.27. The van der Waals surface area contributed by atoms with Crippen LogP contribution in [0.1, 0.15) is 46.3 Å². The molecule has 1 amide bonds. The molecular formula is C24H28N4O2S. The Labute approximate surface area is 186 Å². The fourth-order valence-corrected chi connectivity index (χ4v) is 5.83. The fraction of sp³-hybridized carbons (Fsp3) is 0.458. The molecule has 0 bridgehead atoms. The molecule has 0 radical (unpaired) electrons. The Kier molecular flexibility index (Phi) is 5.40. The highest BCUT2D eigenvalue weighted by Crippen LogP contribution is 2.28. The van der Waals surface area contributed by atoms with Crippen LogP contribution in [0, 0.1) is 6.92 Å². The maximum atomic E-state index is 13.3. The van der Waals surface area contributed by atoms with E-state index < -0.39 is 0 Å². The third kappa shape index (κ3) is 3.70. The summed E-state index contributed by atoms with van der Waals surface area (Å²) in [5.74, 6) is -0.146. The molecule has 0 aliphatic carbocycles.